The van der Waals surface area contributed by atoms with E-state index in [1.165, 1.54) is 22.9 Å². The standard InChI is InChI=1S/C21H24N4OS/c1-5-17-7-9-18(10-8-17)23-20(26)16(4)27-21-24-22-13-25(21)19-11-6-14(2)12-15(19)3/h6-13,16H,5H2,1-4H3,(H,23,26). The first-order chi connectivity index (χ1) is 13.0. The molecule has 6 heteroatoms. The lowest BCUT2D eigenvalue weighted by atomic mass is 10.1. The molecule has 0 bridgehead atoms. The van der Waals surface area contributed by atoms with E-state index in [-0.39, 0.29) is 11.2 Å². The fourth-order valence-electron chi connectivity index (χ4n) is 2.83. The van der Waals surface area contributed by atoms with Gasteiger partial charge in [-0.25, -0.2) is 0 Å². The summed E-state index contributed by atoms with van der Waals surface area (Å²) < 4.78 is 1.93. The molecule has 1 amide bonds. The average molecular weight is 381 g/mol. The molecule has 5 nitrogen and oxygen atoms in total. The quantitative estimate of drug-likeness (QED) is 0.637. The lowest BCUT2D eigenvalue weighted by molar-refractivity contribution is -0.115. The van der Waals surface area contributed by atoms with Crippen molar-refractivity contribution in [1.29, 1.82) is 0 Å². The summed E-state index contributed by atoms with van der Waals surface area (Å²) in [6, 6.07) is 14.2. The van der Waals surface area contributed by atoms with Crippen molar-refractivity contribution in [2.75, 3.05) is 5.32 Å². The van der Waals surface area contributed by atoms with Crippen molar-refractivity contribution in [1.82, 2.24) is 14.8 Å². The van der Waals surface area contributed by atoms with Crippen molar-refractivity contribution >= 4 is 23.4 Å². The summed E-state index contributed by atoms with van der Waals surface area (Å²) in [5, 5.41) is 11.6. The zero-order valence-electron chi connectivity index (χ0n) is 16.1. The molecule has 1 N–H and O–H groups in total. The Kier molecular flexibility index (Phi) is 5.96. The van der Waals surface area contributed by atoms with Crippen LogP contribution in [0.25, 0.3) is 5.69 Å². The number of nitrogens with zero attached hydrogens (tertiary/aromatic N) is 3. The Bertz CT molecular complexity index is 934. The number of amides is 1. The first-order valence-electron chi connectivity index (χ1n) is 9.02. The van der Waals surface area contributed by atoms with Crippen molar-refractivity contribution < 1.29 is 4.79 Å². The van der Waals surface area contributed by atoms with Crippen LogP contribution < -0.4 is 5.32 Å². The molecule has 0 aliphatic rings. The maximum Gasteiger partial charge on any atom is 0.237 e. The molecule has 0 fully saturated rings. The minimum Gasteiger partial charge on any atom is -0.325 e. The van der Waals surface area contributed by atoms with E-state index in [2.05, 4.69) is 54.5 Å². The van der Waals surface area contributed by atoms with Gasteiger partial charge in [-0.1, -0.05) is 48.5 Å². The summed E-state index contributed by atoms with van der Waals surface area (Å²) in [4.78, 5) is 12.6. The molecule has 140 valence electrons. The van der Waals surface area contributed by atoms with Gasteiger partial charge < -0.3 is 5.32 Å². The van der Waals surface area contributed by atoms with Gasteiger partial charge in [-0.05, 0) is 56.5 Å². The number of carbonyl (C=O) groups excluding carboxylic acids is 1. The Morgan fingerprint density at radius 1 is 1.19 bits per heavy atom. The van der Waals surface area contributed by atoms with Gasteiger partial charge in [-0.3, -0.25) is 9.36 Å². The van der Waals surface area contributed by atoms with Crippen LogP contribution in [0, 0.1) is 13.8 Å². The normalized spacial score (nSPS) is 12.0. The Morgan fingerprint density at radius 2 is 1.93 bits per heavy atom. The third-order valence-corrected chi connectivity index (χ3v) is 5.47. The fraction of sp³-hybridized carbons (Fsp3) is 0.286. The summed E-state index contributed by atoms with van der Waals surface area (Å²) in [7, 11) is 0. The molecule has 0 aliphatic carbocycles. The van der Waals surface area contributed by atoms with E-state index in [9.17, 15) is 4.79 Å². The zero-order valence-corrected chi connectivity index (χ0v) is 16.9. The van der Waals surface area contributed by atoms with Crippen LogP contribution in [0.3, 0.4) is 0 Å². The van der Waals surface area contributed by atoms with E-state index in [0.29, 0.717) is 5.16 Å². The first kappa shape index (κ1) is 19.2. The van der Waals surface area contributed by atoms with Gasteiger partial charge in [0, 0.05) is 5.69 Å². The van der Waals surface area contributed by atoms with Crippen LogP contribution in [0.1, 0.15) is 30.5 Å². The number of aromatic nitrogens is 3. The second-order valence-corrected chi connectivity index (χ2v) is 7.88. The highest BCUT2D eigenvalue weighted by Crippen LogP contribution is 2.26. The molecule has 0 aliphatic heterocycles. The molecule has 1 unspecified atom stereocenters. The molecule has 3 rings (SSSR count). The third-order valence-electron chi connectivity index (χ3n) is 4.41. The topological polar surface area (TPSA) is 59.8 Å². The zero-order chi connectivity index (χ0) is 19.4. The predicted molar refractivity (Wildman–Crippen MR) is 111 cm³/mol. The second kappa shape index (κ2) is 8.39. The van der Waals surface area contributed by atoms with Gasteiger partial charge in [-0.2, -0.15) is 0 Å². The molecule has 0 saturated heterocycles. The Balaban J connectivity index is 1.71. The molecule has 0 radical (unpaired) electrons. The van der Waals surface area contributed by atoms with Crippen LogP contribution in [0.2, 0.25) is 0 Å². The first-order valence-corrected chi connectivity index (χ1v) is 9.90. The summed E-state index contributed by atoms with van der Waals surface area (Å²) in [6.07, 6.45) is 2.67. The number of thioether (sulfide) groups is 1. The van der Waals surface area contributed by atoms with Gasteiger partial charge in [0.2, 0.25) is 5.91 Å². The van der Waals surface area contributed by atoms with Gasteiger partial charge in [0.1, 0.15) is 6.33 Å². The van der Waals surface area contributed by atoms with Crippen LogP contribution in [0.15, 0.2) is 53.9 Å². The van der Waals surface area contributed by atoms with Gasteiger partial charge in [0.05, 0.1) is 10.9 Å². The SMILES string of the molecule is CCc1ccc(NC(=O)C(C)Sc2nncn2-c2ccc(C)cc2C)cc1. The number of rotatable bonds is 6. The Hall–Kier alpha value is -2.60. The monoisotopic (exact) mass is 380 g/mol. The predicted octanol–water partition coefficient (Wildman–Crippen LogP) is 4.57. The van der Waals surface area contributed by atoms with Crippen LogP contribution in [-0.2, 0) is 11.2 Å². The van der Waals surface area contributed by atoms with E-state index in [4.69, 9.17) is 0 Å². The van der Waals surface area contributed by atoms with Gasteiger partial charge in [0.25, 0.3) is 0 Å². The largest absolute Gasteiger partial charge is 0.325 e. The van der Waals surface area contributed by atoms with Crippen molar-refractivity contribution in [2.45, 2.75) is 44.5 Å². The van der Waals surface area contributed by atoms with Crippen molar-refractivity contribution in [3.05, 3.63) is 65.5 Å². The summed E-state index contributed by atoms with van der Waals surface area (Å²) in [5.74, 6) is -0.0561. The lowest BCUT2D eigenvalue weighted by Gasteiger charge is -2.14. The number of aryl methyl sites for hydroxylation is 3. The molecule has 1 heterocycles. The molecular formula is C21H24N4OS. The Morgan fingerprint density at radius 3 is 2.59 bits per heavy atom. The molecule has 1 atom stereocenters. The summed E-state index contributed by atoms with van der Waals surface area (Å²) >= 11 is 1.40. The molecule has 0 spiro atoms. The van der Waals surface area contributed by atoms with Gasteiger partial charge in [0.15, 0.2) is 5.16 Å². The highest BCUT2D eigenvalue weighted by Gasteiger charge is 2.19. The maximum absolute atomic E-state index is 12.6. The lowest BCUT2D eigenvalue weighted by Crippen LogP contribution is -2.22. The van der Waals surface area contributed by atoms with Gasteiger partial charge >= 0.3 is 0 Å². The summed E-state index contributed by atoms with van der Waals surface area (Å²) in [5.41, 5.74) is 5.43. The van der Waals surface area contributed by atoms with Gasteiger partial charge in [-0.15, -0.1) is 10.2 Å². The molecule has 2 aromatic carbocycles. The number of carbonyl (C=O) groups is 1. The maximum atomic E-state index is 12.6. The van der Waals surface area contributed by atoms with E-state index < -0.39 is 0 Å². The molecule has 0 saturated carbocycles. The van der Waals surface area contributed by atoms with Crippen LogP contribution in [-0.4, -0.2) is 25.9 Å². The minimum absolute atomic E-state index is 0.0561. The second-order valence-electron chi connectivity index (χ2n) is 6.57. The van der Waals surface area contributed by atoms with Crippen molar-refractivity contribution in [2.24, 2.45) is 0 Å². The minimum atomic E-state index is -0.301. The summed E-state index contributed by atoms with van der Waals surface area (Å²) in [6.45, 7) is 8.12. The van der Waals surface area contributed by atoms with Crippen molar-refractivity contribution in [3.8, 4) is 5.69 Å². The van der Waals surface area contributed by atoms with E-state index in [1.807, 2.05) is 35.8 Å². The third kappa shape index (κ3) is 4.57. The number of nitrogens with one attached hydrogen (secondary N) is 1. The van der Waals surface area contributed by atoms with E-state index in [0.717, 1.165) is 23.4 Å². The van der Waals surface area contributed by atoms with Crippen LogP contribution >= 0.6 is 11.8 Å². The molecule has 1 aromatic heterocycles. The highest BCUT2D eigenvalue weighted by molar-refractivity contribution is 8.00. The number of benzene rings is 2. The van der Waals surface area contributed by atoms with E-state index >= 15 is 0 Å². The van der Waals surface area contributed by atoms with Crippen molar-refractivity contribution in [3.63, 3.8) is 0 Å². The number of anilines is 1. The fourth-order valence-corrected chi connectivity index (χ4v) is 3.66. The molecule has 3 aromatic rings. The number of hydrogen-bond donors (Lipinski definition) is 1. The van der Waals surface area contributed by atoms with Crippen LogP contribution in [0.5, 0.6) is 0 Å². The number of hydrogen-bond acceptors (Lipinski definition) is 4. The smallest absolute Gasteiger partial charge is 0.237 e. The highest BCUT2D eigenvalue weighted by atomic mass is 32.2. The van der Waals surface area contributed by atoms with E-state index in [1.54, 1.807) is 6.33 Å². The molecule has 27 heavy (non-hydrogen) atoms. The Labute approximate surface area is 164 Å². The molecular weight excluding hydrogens is 356 g/mol. The average Bonchev–Trinajstić information content (AvgIpc) is 3.10. The van der Waals surface area contributed by atoms with Crippen LogP contribution in [0.4, 0.5) is 5.69 Å².